The maximum atomic E-state index is 12.8. The van der Waals surface area contributed by atoms with Gasteiger partial charge in [-0.2, -0.15) is 0 Å². The lowest BCUT2D eigenvalue weighted by atomic mass is 10.2. The molecule has 1 fully saturated rings. The number of sulfonamides is 1. The summed E-state index contributed by atoms with van der Waals surface area (Å²) in [5.74, 6) is -0.0146. The average molecular weight is 446 g/mol. The Kier molecular flexibility index (Phi) is 6.84. The van der Waals surface area contributed by atoms with Crippen LogP contribution in [0.1, 0.15) is 30.6 Å². The number of hydrogen-bond donors (Lipinski definition) is 2. The molecule has 2 aromatic rings. The Morgan fingerprint density at radius 1 is 1.13 bits per heavy atom. The third kappa shape index (κ3) is 5.35. The van der Waals surface area contributed by atoms with Crippen molar-refractivity contribution in [1.82, 2.24) is 10.2 Å². The van der Waals surface area contributed by atoms with Gasteiger partial charge in [-0.1, -0.05) is 32.0 Å². The van der Waals surface area contributed by atoms with Gasteiger partial charge in [-0.3, -0.25) is 14.3 Å². The van der Waals surface area contributed by atoms with Crippen LogP contribution in [-0.2, 0) is 14.8 Å². The van der Waals surface area contributed by atoms with Gasteiger partial charge in [-0.05, 0) is 36.8 Å². The number of carbonyl (C=O) groups is 2. The summed E-state index contributed by atoms with van der Waals surface area (Å²) in [5, 5.41) is 2.90. The van der Waals surface area contributed by atoms with E-state index < -0.39 is 10.0 Å². The number of nitrogens with zero attached hydrogens (tertiary/aromatic N) is 1. The van der Waals surface area contributed by atoms with Crippen molar-refractivity contribution in [3.63, 3.8) is 0 Å². The first-order valence-electron chi connectivity index (χ1n) is 10.1. The first kappa shape index (κ1) is 22.6. The van der Waals surface area contributed by atoms with Crippen LogP contribution < -0.4 is 14.8 Å². The molecule has 0 spiro atoms. The molecule has 3 rings (SSSR count). The summed E-state index contributed by atoms with van der Waals surface area (Å²) in [7, 11) is -2.47. The Hall–Kier alpha value is -3.07. The molecule has 1 atom stereocenters. The molecule has 0 radical (unpaired) electrons. The summed E-state index contributed by atoms with van der Waals surface area (Å²) >= 11 is 0. The highest BCUT2D eigenvalue weighted by Gasteiger charge is 2.29. The molecule has 1 saturated heterocycles. The highest BCUT2D eigenvalue weighted by atomic mass is 32.2. The highest BCUT2D eigenvalue weighted by Crippen LogP contribution is 2.26. The number of carbonyl (C=O) groups excluding carboxylic acids is 2. The molecule has 0 aromatic heterocycles. The van der Waals surface area contributed by atoms with Crippen LogP contribution in [0.2, 0.25) is 0 Å². The number of hydrogen-bond acceptors (Lipinski definition) is 5. The van der Waals surface area contributed by atoms with E-state index in [-0.39, 0.29) is 34.2 Å². The van der Waals surface area contributed by atoms with Gasteiger partial charge in [0.15, 0.2) is 0 Å². The molecule has 166 valence electrons. The van der Waals surface area contributed by atoms with Gasteiger partial charge in [-0.15, -0.1) is 0 Å². The third-order valence-corrected chi connectivity index (χ3v) is 6.45. The van der Waals surface area contributed by atoms with Gasteiger partial charge >= 0.3 is 0 Å². The normalized spacial score (nSPS) is 16.3. The Morgan fingerprint density at radius 3 is 2.58 bits per heavy atom. The quantitative estimate of drug-likeness (QED) is 0.681. The zero-order valence-electron chi connectivity index (χ0n) is 17.8. The number of ether oxygens (including phenoxy) is 1. The van der Waals surface area contributed by atoms with Crippen LogP contribution in [0.4, 0.5) is 5.69 Å². The second-order valence-electron chi connectivity index (χ2n) is 7.73. The molecule has 0 saturated carbocycles. The molecule has 0 bridgehead atoms. The first-order chi connectivity index (χ1) is 14.7. The number of nitrogens with one attached hydrogen (secondary N) is 2. The smallest absolute Gasteiger partial charge is 0.262 e. The number of likely N-dealkylation sites (tertiary alicyclic amines) is 1. The highest BCUT2D eigenvalue weighted by molar-refractivity contribution is 7.92. The standard InChI is InChI=1S/C22H27N3O5S/c1-15(2)22(27)25-12-11-17(14-25)23-21(26)16-7-6-8-18(13-16)31(28,29)24-19-9-4-5-10-20(19)30-3/h4-10,13,15,17,24H,11-12,14H2,1-3H3,(H,23,26). The molecule has 1 heterocycles. The van der Waals surface area contributed by atoms with Gasteiger partial charge in [0, 0.05) is 30.6 Å². The first-order valence-corrected chi connectivity index (χ1v) is 11.5. The van der Waals surface area contributed by atoms with Crippen molar-refractivity contribution in [3.05, 3.63) is 54.1 Å². The van der Waals surface area contributed by atoms with Gasteiger partial charge in [0.2, 0.25) is 5.91 Å². The van der Waals surface area contributed by atoms with Gasteiger partial charge in [0.05, 0.1) is 17.7 Å². The fourth-order valence-electron chi connectivity index (χ4n) is 3.45. The lowest BCUT2D eigenvalue weighted by molar-refractivity contribution is -0.133. The van der Waals surface area contributed by atoms with Crippen LogP contribution in [0.25, 0.3) is 0 Å². The van der Waals surface area contributed by atoms with Crippen molar-refractivity contribution < 1.29 is 22.7 Å². The molecule has 2 amide bonds. The number of amides is 2. The van der Waals surface area contributed by atoms with Crippen LogP contribution >= 0.6 is 0 Å². The van der Waals surface area contributed by atoms with Crippen molar-refractivity contribution in [2.45, 2.75) is 31.2 Å². The minimum absolute atomic E-state index is 0.0332. The molecule has 1 aliphatic rings. The molecule has 1 aliphatic heterocycles. The molecular weight excluding hydrogens is 418 g/mol. The van der Waals surface area contributed by atoms with E-state index in [9.17, 15) is 18.0 Å². The Labute approximate surface area is 182 Å². The van der Waals surface area contributed by atoms with Crippen molar-refractivity contribution in [1.29, 1.82) is 0 Å². The van der Waals surface area contributed by atoms with E-state index in [1.807, 2.05) is 13.8 Å². The SMILES string of the molecule is COc1ccccc1NS(=O)(=O)c1cccc(C(=O)NC2CCN(C(=O)C(C)C)C2)c1. The summed E-state index contributed by atoms with van der Waals surface area (Å²) in [6.45, 7) is 4.74. The minimum Gasteiger partial charge on any atom is -0.495 e. The van der Waals surface area contributed by atoms with E-state index in [4.69, 9.17) is 4.74 Å². The average Bonchev–Trinajstić information content (AvgIpc) is 3.21. The number of para-hydroxylation sites is 2. The van der Waals surface area contributed by atoms with Crippen molar-refractivity contribution in [2.24, 2.45) is 5.92 Å². The Bertz CT molecular complexity index is 1070. The van der Waals surface area contributed by atoms with Crippen molar-refractivity contribution >= 4 is 27.5 Å². The molecule has 9 heteroatoms. The van der Waals surface area contributed by atoms with E-state index in [0.29, 0.717) is 30.9 Å². The van der Waals surface area contributed by atoms with Gasteiger partial charge in [0.25, 0.3) is 15.9 Å². The third-order valence-electron chi connectivity index (χ3n) is 5.09. The molecule has 2 N–H and O–H groups in total. The summed E-state index contributed by atoms with van der Waals surface area (Å²) in [6.07, 6.45) is 0.664. The monoisotopic (exact) mass is 445 g/mol. The predicted octanol–water partition coefficient (Wildman–Crippen LogP) is 2.48. The second-order valence-corrected chi connectivity index (χ2v) is 9.41. The number of methoxy groups -OCH3 is 1. The van der Waals surface area contributed by atoms with Crippen molar-refractivity contribution in [3.8, 4) is 5.75 Å². The molecule has 0 aliphatic carbocycles. The predicted molar refractivity (Wildman–Crippen MR) is 118 cm³/mol. The number of benzene rings is 2. The molecule has 2 aromatic carbocycles. The molecule has 31 heavy (non-hydrogen) atoms. The van der Waals surface area contributed by atoms with Crippen LogP contribution in [0, 0.1) is 5.92 Å². The summed E-state index contributed by atoms with van der Waals surface area (Å²) < 4.78 is 33.3. The maximum Gasteiger partial charge on any atom is 0.262 e. The van der Waals surface area contributed by atoms with Crippen LogP contribution in [0.5, 0.6) is 5.75 Å². The minimum atomic E-state index is -3.92. The summed E-state index contributed by atoms with van der Waals surface area (Å²) in [6, 6.07) is 12.3. The van der Waals surface area contributed by atoms with E-state index in [2.05, 4.69) is 10.0 Å². The number of rotatable bonds is 7. The molecule has 8 nitrogen and oxygen atoms in total. The van der Waals surface area contributed by atoms with E-state index >= 15 is 0 Å². The van der Waals surface area contributed by atoms with E-state index in [1.54, 1.807) is 35.2 Å². The number of anilines is 1. The fraction of sp³-hybridized carbons (Fsp3) is 0.364. The maximum absolute atomic E-state index is 12.8. The Balaban J connectivity index is 1.71. The topological polar surface area (TPSA) is 105 Å². The van der Waals surface area contributed by atoms with Gasteiger partial charge in [-0.25, -0.2) is 8.42 Å². The second kappa shape index (κ2) is 9.38. The largest absolute Gasteiger partial charge is 0.495 e. The van der Waals surface area contributed by atoms with E-state index in [0.717, 1.165) is 0 Å². The summed E-state index contributed by atoms with van der Waals surface area (Å²) in [4.78, 5) is 26.5. The Morgan fingerprint density at radius 2 is 1.87 bits per heavy atom. The van der Waals surface area contributed by atoms with Gasteiger partial charge < -0.3 is 15.0 Å². The van der Waals surface area contributed by atoms with Crippen molar-refractivity contribution in [2.75, 3.05) is 24.9 Å². The van der Waals surface area contributed by atoms with E-state index in [1.165, 1.54) is 25.3 Å². The lowest BCUT2D eigenvalue weighted by Crippen LogP contribution is -2.39. The van der Waals surface area contributed by atoms with Crippen LogP contribution in [-0.4, -0.2) is 51.4 Å². The van der Waals surface area contributed by atoms with Crippen LogP contribution in [0.3, 0.4) is 0 Å². The lowest BCUT2D eigenvalue weighted by Gasteiger charge is -2.19. The molecular formula is C22H27N3O5S. The van der Waals surface area contributed by atoms with Crippen LogP contribution in [0.15, 0.2) is 53.4 Å². The zero-order chi connectivity index (χ0) is 22.6. The summed E-state index contributed by atoms with van der Waals surface area (Å²) in [5.41, 5.74) is 0.539. The zero-order valence-corrected chi connectivity index (χ0v) is 18.6. The van der Waals surface area contributed by atoms with Gasteiger partial charge in [0.1, 0.15) is 5.75 Å². The molecule has 1 unspecified atom stereocenters. The fourth-order valence-corrected chi connectivity index (χ4v) is 4.57.